The van der Waals surface area contributed by atoms with Crippen LogP contribution in [-0.4, -0.2) is 11.6 Å². The molecular formula is C22H18O4. The molecule has 26 heavy (non-hydrogen) atoms. The summed E-state index contributed by atoms with van der Waals surface area (Å²) >= 11 is 0. The minimum absolute atomic E-state index is 0.0462. The van der Waals surface area contributed by atoms with E-state index in [-0.39, 0.29) is 34.1 Å². The van der Waals surface area contributed by atoms with Crippen LogP contribution in [0, 0.1) is 6.92 Å². The highest BCUT2D eigenvalue weighted by Gasteiger charge is 2.33. The Morgan fingerprint density at radius 2 is 1.62 bits per heavy atom. The van der Waals surface area contributed by atoms with E-state index >= 15 is 0 Å². The average molecular weight is 346 g/mol. The predicted octanol–water partition coefficient (Wildman–Crippen LogP) is 4.39. The van der Waals surface area contributed by atoms with Crippen LogP contribution >= 0.6 is 0 Å². The van der Waals surface area contributed by atoms with E-state index in [2.05, 4.69) is 0 Å². The van der Waals surface area contributed by atoms with Gasteiger partial charge in [-0.05, 0) is 25.0 Å². The minimum Gasteiger partial charge on any atom is -0.460 e. The van der Waals surface area contributed by atoms with Crippen molar-refractivity contribution in [2.75, 3.05) is 0 Å². The van der Waals surface area contributed by atoms with E-state index in [4.69, 9.17) is 4.42 Å². The lowest BCUT2D eigenvalue weighted by atomic mass is 9.82. The maximum atomic E-state index is 13.1. The summed E-state index contributed by atoms with van der Waals surface area (Å²) in [5, 5.41) is 0.372. The zero-order valence-electron chi connectivity index (χ0n) is 14.9. The van der Waals surface area contributed by atoms with Gasteiger partial charge >= 0.3 is 0 Å². The van der Waals surface area contributed by atoms with Crippen molar-refractivity contribution in [2.45, 2.75) is 33.1 Å². The Bertz CT molecular complexity index is 1150. The fourth-order valence-electron chi connectivity index (χ4n) is 3.55. The van der Waals surface area contributed by atoms with Crippen LogP contribution in [0.1, 0.15) is 69.4 Å². The number of fused-ring (bicyclic) bond motifs is 4. The molecule has 0 spiro atoms. The van der Waals surface area contributed by atoms with Gasteiger partial charge in [-0.2, -0.15) is 0 Å². The van der Waals surface area contributed by atoms with Crippen LogP contribution in [0.15, 0.2) is 45.6 Å². The number of rotatable bonds is 2. The van der Waals surface area contributed by atoms with Crippen molar-refractivity contribution < 1.29 is 14.0 Å². The third-order valence-corrected chi connectivity index (χ3v) is 5.20. The van der Waals surface area contributed by atoms with E-state index in [0.29, 0.717) is 33.4 Å². The third-order valence-electron chi connectivity index (χ3n) is 5.20. The van der Waals surface area contributed by atoms with Crippen LogP contribution < -0.4 is 5.43 Å². The second-order valence-electron chi connectivity index (χ2n) is 6.85. The molecule has 4 nitrogen and oxygen atoms in total. The molecule has 4 rings (SSSR count). The van der Waals surface area contributed by atoms with Crippen LogP contribution in [0.25, 0.3) is 11.0 Å². The van der Waals surface area contributed by atoms with E-state index < -0.39 is 0 Å². The van der Waals surface area contributed by atoms with Gasteiger partial charge in [0.2, 0.25) is 0 Å². The van der Waals surface area contributed by atoms with Crippen molar-refractivity contribution in [1.29, 1.82) is 0 Å². The molecular weight excluding hydrogens is 328 g/mol. The molecule has 0 unspecified atom stereocenters. The van der Waals surface area contributed by atoms with Gasteiger partial charge < -0.3 is 4.42 Å². The Hall–Kier alpha value is -3.01. The first-order valence-corrected chi connectivity index (χ1v) is 8.73. The molecule has 1 aromatic heterocycles. The minimum atomic E-state index is -0.273. The Morgan fingerprint density at radius 3 is 2.27 bits per heavy atom. The third kappa shape index (κ3) is 2.18. The number of benzene rings is 2. The van der Waals surface area contributed by atoms with Crippen molar-refractivity contribution in [2.24, 2.45) is 0 Å². The summed E-state index contributed by atoms with van der Waals surface area (Å²) in [6.07, 6.45) is 0.804. The summed E-state index contributed by atoms with van der Waals surface area (Å²) in [5.41, 5.74) is 1.95. The molecule has 130 valence electrons. The van der Waals surface area contributed by atoms with Crippen molar-refractivity contribution in [3.05, 3.63) is 80.2 Å². The van der Waals surface area contributed by atoms with Gasteiger partial charge in [-0.15, -0.1) is 0 Å². The van der Waals surface area contributed by atoms with Gasteiger partial charge in [-0.1, -0.05) is 38.1 Å². The van der Waals surface area contributed by atoms with Gasteiger partial charge in [-0.25, -0.2) is 0 Å². The molecule has 4 heteroatoms. The number of hydrogen-bond acceptors (Lipinski definition) is 4. The summed E-state index contributed by atoms with van der Waals surface area (Å²) in [5.74, 6) is 0.100. The zero-order valence-corrected chi connectivity index (χ0v) is 14.9. The van der Waals surface area contributed by atoms with E-state index in [0.717, 1.165) is 6.42 Å². The van der Waals surface area contributed by atoms with Crippen molar-refractivity contribution in [3.8, 4) is 0 Å². The highest BCUT2D eigenvalue weighted by Crippen LogP contribution is 2.34. The maximum Gasteiger partial charge on any atom is 0.198 e. The molecule has 1 aliphatic carbocycles. The molecule has 0 saturated carbocycles. The smallest absolute Gasteiger partial charge is 0.198 e. The summed E-state index contributed by atoms with van der Waals surface area (Å²) in [6.45, 7) is 5.74. The molecule has 0 amide bonds. The molecule has 0 radical (unpaired) electrons. The van der Waals surface area contributed by atoms with Crippen LogP contribution in [-0.2, 0) is 0 Å². The molecule has 0 aliphatic heterocycles. The fourth-order valence-corrected chi connectivity index (χ4v) is 3.55. The van der Waals surface area contributed by atoms with Crippen LogP contribution in [0.3, 0.4) is 0 Å². The quantitative estimate of drug-likeness (QED) is 0.540. The number of carbonyl (C=O) groups excluding carboxylic acids is 2. The van der Waals surface area contributed by atoms with Gasteiger partial charge in [0.15, 0.2) is 17.0 Å². The van der Waals surface area contributed by atoms with E-state index in [9.17, 15) is 14.4 Å². The van der Waals surface area contributed by atoms with E-state index in [1.807, 2.05) is 13.8 Å². The molecule has 2 aromatic carbocycles. The molecule has 0 fully saturated rings. The largest absolute Gasteiger partial charge is 0.460 e. The first-order valence-electron chi connectivity index (χ1n) is 8.73. The van der Waals surface area contributed by atoms with E-state index in [1.165, 1.54) is 6.07 Å². The Balaban J connectivity index is 2.14. The van der Waals surface area contributed by atoms with Crippen molar-refractivity contribution in [3.63, 3.8) is 0 Å². The molecule has 0 N–H and O–H groups in total. The lowest BCUT2D eigenvalue weighted by Crippen LogP contribution is -2.22. The number of hydrogen-bond donors (Lipinski definition) is 0. The van der Waals surface area contributed by atoms with Crippen LogP contribution in [0.2, 0.25) is 0 Å². The van der Waals surface area contributed by atoms with E-state index in [1.54, 1.807) is 37.3 Å². The molecule has 1 aliphatic rings. The SMILES string of the molecule is CC[C@H](C)c1cc(=O)c2c(C)cc3c(c2o1)C(=O)c1ccccc1C3=O. The predicted molar refractivity (Wildman–Crippen MR) is 99.2 cm³/mol. The summed E-state index contributed by atoms with van der Waals surface area (Å²) in [6, 6.07) is 9.90. The zero-order chi connectivity index (χ0) is 18.6. The lowest BCUT2D eigenvalue weighted by molar-refractivity contribution is 0.0979. The van der Waals surface area contributed by atoms with Gasteiger partial charge in [-0.3, -0.25) is 14.4 Å². The number of aryl methyl sites for hydroxylation is 1. The maximum absolute atomic E-state index is 13.1. The van der Waals surface area contributed by atoms with Gasteiger partial charge in [0.25, 0.3) is 0 Å². The fraction of sp³-hybridized carbons (Fsp3) is 0.227. The standard InChI is InChI=1S/C22H18O4/c1-4-11(2)17-10-16(23)18-12(3)9-15-19(22(18)26-17)21(25)14-8-6-5-7-13(14)20(15)24/h5-11H,4H2,1-3H3/t11-/m0/s1. The van der Waals surface area contributed by atoms with Crippen molar-refractivity contribution >= 4 is 22.5 Å². The highest BCUT2D eigenvalue weighted by atomic mass is 16.3. The molecule has 0 bridgehead atoms. The topological polar surface area (TPSA) is 64.3 Å². The lowest BCUT2D eigenvalue weighted by Gasteiger charge is -2.20. The van der Waals surface area contributed by atoms with Gasteiger partial charge in [0, 0.05) is 28.7 Å². The first kappa shape index (κ1) is 16.5. The van der Waals surface area contributed by atoms with Crippen molar-refractivity contribution in [1.82, 2.24) is 0 Å². The number of ketones is 2. The second-order valence-corrected chi connectivity index (χ2v) is 6.85. The Kier molecular flexibility index (Phi) is 3.65. The highest BCUT2D eigenvalue weighted by molar-refractivity contribution is 6.31. The average Bonchev–Trinajstić information content (AvgIpc) is 2.64. The van der Waals surface area contributed by atoms with Gasteiger partial charge in [0.1, 0.15) is 11.3 Å². The molecule has 1 heterocycles. The Morgan fingerprint density at radius 1 is 0.962 bits per heavy atom. The Labute approximate surface area is 150 Å². The summed E-state index contributed by atoms with van der Waals surface area (Å²) in [4.78, 5) is 38.8. The molecule has 1 atom stereocenters. The number of carbonyl (C=O) groups is 2. The summed E-state index contributed by atoms with van der Waals surface area (Å²) < 4.78 is 6.04. The van der Waals surface area contributed by atoms with Gasteiger partial charge in [0.05, 0.1) is 10.9 Å². The monoisotopic (exact) mass is 346 g/mol. The molecule has 0 saturated heterocycles. The second kappa shape index (κ2) is 5.77. The first-order chi connectivity index (χ1) is 12.4. The van der Waals surface area contributed by atoms with Crippen LogP contribution in [0.5, 0.6) is 0 Å². The van der Waals surface area contributed by atoms with Crippen LogP contribution in [0.4, 0.5) is 0 Å². The summed E-state index contributed by atoms with van der Waals surface area (Å²) in [7, 11) is 0. The molecule has 3 aromatic rings. The normalized spacial score (nSPS) is 14.3.